The molecule has 7 heteroatoms. The zero-order chi connectivity index (χ0) is 29.4. The van der Waals surface area contributed by atoms with Crippen molar-refractivity contribution in [2.24, 2.45) is 45.8 Å². The first-order chi connectivity index (χ1) is 19.4. The number of ether oxygens (including phenoxy) is 1. The van der Waals surface area contributed by atoms with E-state index in [1.54, 1.807) is 12.4 Å². The van der Waals surface area contributed by atoms with Gasteiger partial charge in [0.05, 0.1) is 29.7 Å². The zero-order valence-electron chi connectivity index (χ0n) is 26.2. The van der Waals surface area contributed by atoms with Gasteiger partial charge in [0, 0.05) is 13.5 Å². The minimum absolute atomic E-state index is 0.148. The fourth-order valence-corrected chi connectivity index (χ4v) is 11.6. The number of nitrogens with one attached hydrogen (secondary N) is 2. The molecule has 4 fully saturated rings. The van der Waals surface area contributed by atoms with E-state index in [1.807, 2.05) is 7.11 Å². The number of hydrogen-bond donors (Lipinski definition) is 2. The molecule has 0 aromatic carbocycles. The van der Waals surface area contributed by atoms with Crippen LogP contribution in [0.25, 0.3) is 0 Å². The van der Waals surface area contributed by atoms with E-state index < -0.39 is 5.54 Å². The predicted molar refractivity (Wildman–Crippen MR) is 160 cm³/mol. The van der Waals surface area contributed by atoms with Crippen molar-refractivity contribution < 1.29 is 14.3 Å². The average molecular weight is 563 g/mol. The van der Waals surface area contributed by atoms with E-state index in [4.69, 9.17) is 4.74 Å². The number of anilines is 1. The smallest absolute Gasteiger partial charge is 0.320 e. The van der Waals surface area contributed by atoms with Gasteiger partial charge in [-0.15, -0.1) is 0 Å². The van der Waals surface area contributed by atoms with Crippen molar-refractivity contribution in [3.8, 4) is 0 Å². The second-order valence-corrected chi connectivity index (χ2v) is 15.4. The number of rotatable bonds is 4. The third-order valence-electron chi connectivity index (χ3n) is 13.0. The van der Waals surface area contributed by atoms with Crippen LogP contribution >= 0.6 is 0 Å². The van der Waals surface area contributed by atoms with Crippen LogP contribution in [0.1, 0.15) is 99.3 Å². The highest BCUT2D eigenvalue weighted by molar-refractivity contribution is 6.02. The average Bonchev–Trinajstić information content (AvgIpc) is 3.20. The van der Waals surface area contributed by atoms with Crippen LogP contribution in [-0.2, 0) is 9.53 Å². The first-order valence-corrected chi connectivity index (χ1v) is 16.0. The molecule has 224 valence electrons. The van der Waals surface area contributed by atoms with Gasteiger partial charge in [0.25, 0.3) is 0 Å². The second kappa shape index (κ2) is 9.89. The van der Waals surface area contributed by atoms with Crippen LogP contribution in [0.15, 0.2) is 29.9 Å². The van der Waals surface area contributed by atoms with Crippen molar-refractivity contribution in [3.05, 3.63) is 29.9 Å². The van der Waals surface area contributed by atoms with Crippen LogP contribution in [0.4, 0.5) is 10.5 Å². The van der Waals surface area contributed by atoms with Gasteiger partial charge in [0.15, 0.2) is 5.78 Å². The Morgan fingerprint density at radius 1 is 0.951 bits per heavy atom. The van der Waals surface area contributed by atoms with E-state index in [-0.39, 0.29) is 28.6 Å². The van der Waals surface area contributed by atoms with E-state index >= 15 is 0 Å². The summed E-state index contributed by atoms with van der Waals surface area (Å²) >= 11 is 0. The second-order valence-electron chi connectivity index (χ2n) is 15.4. The first-order valence-electron chi connectivity index (χ1n) is 16.0. The molecule has 4 saturated carbocycles. The lowest BCUT2D eigenvalue weighted by Gasteiger charge is -2.69. The molecule has 1 aromatic heterocycles. The molecular weight excluding hydrogens is 512 g/mol. The number of Topliss-reactive ketones (excluding diaryl/α,β-unsaturated/α-hetero) is 1. The summed E-state index contributed by atoms with van der Waals surface area (Å²) in [6.45, 7) is 14.4. The molecule has 6 rings (SSSR count). The summed E-state index contributed by atoms with van der Waals surface area (Å²) in [5.41, 5.74) is 2.94. The lowest BCUT2D eigenvalue weighted by Crippen LogP contribution is -2.64. The number of urea groups is 1. The van der Waals surface area contributed by atoms with Crippen molar-refractivity contribution >= 4 is 17.5 Å². The van der Waals surface area contributed by atoms with Gasteiger partial charge in [-0.2, -0.15) is 0 Å². The third-order valence-corrected chi connectivity index (χ3v) is 13.0. The van der Waals surface area contributed by atoms with Gasteiger partial charge in [-0.25, -0.2) is 14.8 Å². The number of carbonyl (C=O) groups is 2. The summed E-state index contributed by atoms with van der Waals surface area (Å²) in [6.07, 6.45) is 14.4. The first kappa shape index (κ1) is 28.8. The van der Waals surface area contributed by atoms with Gasteiger partial charge >= 0.3 is 6.03 Å². The molecule has 7 nitrogen and oxygen atoms in total. The van der Waals surface area contributed by atoms with Gasteiger partial charge in [0.1, 0.15) is 6.33 Å². The molecular formula is C34H50N4O3. The summed E-state index contributed by atoms with van der Waals surface area (Å²) in [7, 11) is 1.90. The Bertz CT molecular complexity index is 1240. The Morgan fingerprint density at radius 3 is 2.34 bits per heavy atom. The zero-order valence-corrected chi connectivity index (χ0v) is 26.2. The molecule has 5 aliphatic carbocycles. The number of allylic oxidation sites excluding steroid dienone is 1. The molecule has 2 amide bonds. The SMILES string of the molecule is COC1CCC2(C)C(CCC3(C)C4CCC5(NC(=O)Nc6cncnc6)CC(=O)C(C(C)C)=C5C4CCC32)C1(C)C. The maximum Gasteiger partial charge on any atom is 0.320 e. The number of nitrogens with zero attached hydrogens (tertiary/aromatic N) is 2. The van der Waals surface area contributed by atoms with E-state index in [2.05, 4.69) is 62.1 Å². The fraction of sp³-hybridized carbons (Fsp3) is 0.765. The van der Waals surface area contributed by atoms with Crippen molar-refractivity contribution in [1.29, 1.82) is 0 Å². The van der Waals surface area contributed by atoms with Crippen LogP contribution in [-0.4, -0.2) is 40.5 Å². The predicted octanol–water partition coefficient (Wildman–Crippen LogP) is 6.96. The van der Waals surface area contributed by atoms with Gasteiger partial charge in [-0.1, -0.05) is 41.5 Å². The molecule has 0 saturated heterocycles. The summed E-state index contributed by atoms with van der Waals surface area (Å²) in [4.78, 5) is 35.1. The Kier molecular flexibility index (Phi) is 6.95. The van der Waals surface area contributed by atoms with E-state index in [0.717, 1.165) is 31.3 Å². The van der Waals surface area contributed by atoms with Crippen molar-refractivity contribution in [2.75, 3.05) is 12.4 Å². The molecule has 0 radical (unpaired) electrons. The molecule has 41 heavy (non-hydrogen) atoms. The monoisotopic (exact) mass is 562 g/mol. The van der Waals surface area contributed by atoms with E-state index in [0.29, 0.717) is 47.3 Å². The van der Waals surface area contributed by atoms with Crippen LogP contribution < -0.4 is 10.6 Å². The van der Waals surface area contributed by atoms with Crippen LogP contribution in [0, 0.1) is 45.8 Å². The largest absolute Gasteiger partial charge is 0.381 e. The summed E-state index contributed by atoms with van der Waals surface area (Å²) < 4.78 is 6.03. The van der Waals surface area contributed by atoms with Crippen molar-refractivity contribution in [1.82, 2.24) is 15.3 Å². The minimum Gasteiger partial charge on any atom is -0.381 e. The van der Waals surface area contributed by atoms with Gasteiger partial charge < -0.3 is 15.4 Å². The van der Waals surface area contributed by atoms with Gasteiger partial charge in [-0.3, -0.25) is 4.79 Å². The minimum atomic E-state index is -0.597. The highest BCUT2D eigenvalue weighted by Crippen LogP contribution is 2.72. The number of amides is 2. The third kappa shape index (κ3) is 4.23. The standard InChI is InChI=1S/C34H50N4O3/c1-20(2)28-24(39)16-34(38-30(40)37-21-17-35-19-36-18-21)15-10-23-22(29(28)34)8-9-26-32(23,5)13-11-25-31(3,4)27(41-7)12-14-33(25,26)6/h17-20,22-23,25-27H,8-16H2,1-7H3,(H2,37,38,40). The molecule has 8 unspecified atom stereocenters. The number of hydrogen-bond acceptors (Lipinski definition) is 5. The van der Waals surface area contributed by atoms with Crippen LogP contribution in [0.2, 0.25) is 0 Å². The normalized spacial score (nSPS) is 41.3. The molecule has 1 aromatic rings. The van der Waals surface area contributed by atoms with E-state index in [1.165, 1.54) is 37.6 Å². The van der Waals surface area contributed by atoms with E-state index in [9.17, 15) is 9.59 Å². The topological polar surface area (TPSA) is 93.2 Å². The number of methoxy groups -OCH3 is 1. The molecule has 0 aliphatic heterocycles. The lowest BCUT2D eigenvalue weighted by molar-refractivity contribution is -0.206. The Labute approximate surface area is 246 Å². The molecule has 1 heterocycles. The van der Waals surface area contributed by atoms with Crippen molar-refractivity contribution in [3.63, 3.8) is 0 Å². The number of carbonyl (C=O) groups excluding carboxylic acids is 2. The fourth-order valence-electron chi connectivity index (χ4n) is 11.6. The van der Waals surface area contributed by atoms with Crippen LogP contribution in [0.3, 0.4) is 0 Å². The molecule has 0 bridgehead atoms. The Morgan fingerprint density at radius 2 is 1.66 bits per heavy atom. The molecule has 8 atom stereocenters. The summed E-state index contributed by atoms with van der Waals surface area (Å²) in [6, 6.07) is -0.279. The molecule has 0 spiro atoms. The maximum absolute atomic E-state index is 13.7. The highest BCUT2D eigenvalue weighted by Gasteiger charge is 2.66. The Hall–Kier alpha value is -2.28. The lowest BCUT2D eigenvalue weighted by atomic mass is 9.37. The number of ketones is 1. The van der Waals surface area contributed by atoms with Gasteiger partial charge in [-0.05, 0) is 108 Å². The quantitative estimate of drug-likeness (QED) is 0.414. The van der Waals surface area contributed by atoms with Crippen molar-refractivity contribution in [2.45, 2.75) is 111 Å². The molecule has 5 aliphatic rings. The number of fused-ring (bicyclic) bond motifs is 7. The summed E-state index contributed by atoms with van der Waals surface area (Å²) in [5, 5.41) is 6.27. The summed E-state index contributed by atoms with van der Waals surface area (Å²) in [5.74, 6) is 2.59. The maximum atomic E-state index is 13.7. The highest BCUT2D eigenvalue weighted by atomic mass is 16.5. The van der Waals surface area contributed by atoms with Gasteiger partial charge in [0.2, 0.25) is 0 Å². The molecule has 2 N–H and O–H groups in total. The van der Waals surface area contributed by atoms with Crippen LogP contribution in [0.5, 0.6) is 0 Å². The Balaban J connectivity index is 1.33. The number of aromatic nitrogens is 2.